The molecule has 2 N–H and O–H groups in total. The standard InChI is InChI=1S/C8H12F3N/c9-8(10,11)7-4-2-1-3-5(12)6(4)7/h4-7H,1-3,12H2. The second-order valence-corrected chi connectivity index (χ2v) is 3.90. The molecule has 70 valence electrons. The number of fused-ring (bicyclic) bond motifs is 1. The monoisotopic (exact) mass is 179 g/mol. The van der Waals surface area contributed by atoms with Crippen LogP contribution in [0.4, 0.5) is 13.2 Å². The van der Waals surface area contributed by atoms with E-state index in [0.29, 0.717) is 0 Å². The lowest BCUT2D eigenvalue weighted by molar-refractivity contribution is -0.154. The Morgan fingerprint density at radius 3 is 2.33 bits per heavy atom. The van der Waals surface area contributed by atoms with Crippen LogP contribution >= 0.6 is 0 Å². The van der Waals surface area contributed by atoms with Crippen LogP contribution in [0.3, 0.4) is 0 Å². The highest BCUT2D eigenvalue weighted by molar-refractivity contribution is 5.07. The summed E-state index contributed by atoms with van der Waals surface area (Å²) < 4.78 is 36.8. The quantitative estimate of drug-likeness (QED) is 0.604. The summed E-state index contributed by atoms with van der Waals surface area (Å²) in [4.78, 5) is 0. The maximum absolute atomic E-state index is 12.3. The zero-order chi connectivity index (χ0) is 8.93. The first-order chi connectivity index (χ1) is 5.52. The fraction of sp³-hybridized carbons (Fsp3) is 1.00. The summed E-state index contributed by atoms with van der Waals surface area (Å²) in [5, 5.41) is 0. The SMILES string of the molecule is NC1CCCC2C1C2C(F)(F)F. The third-order valence-electron chi connectivity index (χ3n) is 3.18. The summed E-state index contributed by atoms with van der Waals surface area (Å²) in [7, 11) is 0. The van der Waals surface area contributed by atoms with Crippen molar-refractivity contribution >= 4 is 0 Å². The molecule has 0 aromatic heterocycles. The van der Waals surface area contributed by atoms with E-state index in [9.17, 15) is 13.2 Å². The second kappa shape index (κ2) is 2.37. The normalized spacial score (nSPS) is 47.0. The van der Waals surface area contributed by atoms with Gasteiger partial charge in [0.1, 0.15) is 0 Å². The van der Waals surface area contributed by atoms with E-state index in [0.717, 1.165) is 19.3 Å². The van der Waals surface area contributed by atoms with Crippen molar-refractivity contribution in [1.29, 1.82) is 0 Å². The van der Waals surface area contributed by atoms with E-state index in [4.69, 9.17) is 5.73 Å². The van der Waals surface area contributed by atoms with Crippen LogP contribution in [0.25, 0.3) is 0 Å². The van der Waals surface area contributed by atoms with Crippen LogP contribution in [-0.4, -0.2) is 12.2 Å². The summed E-state index contributed by atoms with van der Waals surface area (Å²) >= 11 is 0. The summed E-state index contributed by atoms with van der Waals surface area (Å²) in [6.45, 7) is 0. The molecule has 4 heteroatoms. The number of hydrogen-bond acceptors (Lipinski definition) is 1. The zero-order valence-corrected chi connectivity index (χ0v) is 6.64. The van der Waals surface area contributed by atoms with Crippen molar-refractivity contribution in [2.45, 2.75) is 31.5 Å². The van der Waals surface area contributed by atoms with Crippen molar-refractivity contribution < 1.29 is 13.2 Å². The molecule has 2 fully saturated rings. The molecule has 0 radical (unpaired) electrons. The highest BCUT2D eigenvalue weighted by atomic mass is 19.4. The minimum absolute atomic E-state index is 0.145. The molecule has 1 nitrogen and oxygen atoms in total. The van der Waals surface area contributed by atoms with Crippen LogP contribution in [0.5, 0.6) is 0 Å². The number of nitrogens with two attached hydrogens (primary N) is 1. The summed E-state index contributed by atoms with van der Waals surface area (Å²) in [6.07, 6.45) is -1.64. The van der Waals surface area contributed by atoms with Crippen molar-refractivity contribution in [2.75, 3.05) is 0 Å². The first-order valence-electron chi connectivity index (χ1n) is 4.34. The Hall–Kier alpha value is -0.250. The topological polar surface area (TPSA) is 26.0 Å². The third-order valence-corrected chi connectivity index (χ3v) is 3.18. The Labute approximate surface area is 69.1 Å². The van der Waals surface area contributed by atoms with E-state index in [2.05, 4.69) is 0 Å². The van der Waals surface area contributed by atoms with E-state index in [1.165, 1.54) is 0 Å². The summed E-state index contributed by atoms with van der Waals surface area (Å²) in [6, 6.07) is -0.199. The Morgan fingerprint density at radius 2 is 1.83 bits per heavy atom. The van der Waals surface area contributed by atoms with Crippen LogP contribution in [0.15, 0.2) is 0 Å². The van der Waals surface area contributed by atoms with Crippen molar-refractivity contribution in [2.24, 2.45) is 23.5 Å². The van der Waals surface area contributed by atoms with Crippen molar-refractivity contribution in [3.8, 4) is 0 Å². The first-order valence-corrected chi connectivity index (χ1v) is 4.34. The predicted octanol–water partition coefficient (Wildman–Crippen LogP) is 1.92. The van der Waals surface area contributed by atoms with Gasteiger partial charge in [-0.25, -0.2) is 0 Å². The molecule has 0 aromatic rings. The summed E-state index contributed by atoms with van der Waals surface area (Å²) in [5.74, 6) is -1.47. The van der Waals surface area contributed by atoms with Gasteiger partial charge in [0.15, 0.2) is 0 Å². The minimum Gasteiger partial charge on any atom is -0.327 e. The Bertz CT molecular complexity index is 189. The van der Waals surface area contributed by atoms with Gasteiger partial charge >= 0.3 is 6.18 Å². The zero-order valence-electron chi connectivity index (χ0n) is 6.64. The van der Waals surface area contributed by atoms with Gasteiger partial charge in [-0.2, -0.15) is 13.2 Å². The fourth-order valence-electron chi connectivity index (χ4n) is 2.60. The van der Waals surface area contributed by atoms with E-state index in [-0.39, 0.29) is 17.9 Å². The van der Waals surface area contributed by atoms with Gasteiger partial charge in [0.25, 0.3) is 0 Å². The number of rotatable bonds is 0. The average Bonchev–Trinajstić information content (AvgIpc) is 2.60. The Kier molecular flexibility index (Phi) is 1.65. The van der Waals surface area contributed by atoms with Gasteiger partial charge in [-0.05, 0) is 24.7 Å². The van der Waals surface area contributed by atoms with Gasteiger partial charge in [0.05, 0.1) is 5.92 Å². The average molecular weight is 179 g/mol. The molecule has 0 amide bonds. The molecule has 0 aliphatic heterocycles. The van der Waals surface area contributed by atoms with E-state index < -0.39 is 12.1 Å². The largest absolute Gasteiger partial charge is 0.392 e. The molecule has 2 rings (SSSR count). The van der Waals surface area contributed by atoms with Crippen LogP contribution in [0.1, 0.15) is 19.3 Å². The summed E-state index contributed by atoms with van der Waals surface area (Å²) in [5.41, 5.74) is 5.61. The lowest BCUT2D eigenvalue weighted by atomic mass is 9.96. The van der Waals surface area contributed by atoms with Gasteiger partial charge in [0, 0.05) is 6.04 Å². The molecule has 0 aromatic carbocycles. The lowest BCUT2D eigenvalue weighted by Gasteiger charge is -2.15. The van der Waals surface area contributed by atoms with Crippen LogP contribution in [0.2, 0.25) is 0 Å². The van der Waals surface area contributed by atoms with Gasteiger partial charge in [-0.1, -0.05) is 6.42 Å². The molecule has 2 aliphatic carbocycles. The van der Waals surface area contributed by atoms with Gasteiger partial charge < -0.3 is 5.73 Å². The van der Waals surface area contributed by atoms with Crippen LogP contribution in [-0.2, 0) is 0 Å². The maximum Gasteiger partial charge on any atom is 0.392 e. The van der Waals surface area contributed by atoms with E-state index >= 15 is 0 Å². The van der Waals surface area contributed by atoms with Gasteiger partial charge in [0.2, 0.25) is 0 Å². The molecule has 0 spiro atoms. The van der Waals surface area contributed by atoms with Crippen molar-refractivity contribution in [1.82, 2.24) is 0 Å². The molecular formula is C8H12F3N. The minimum atomic E-state index is -4.00. The lowest BCUT2D eigenvalue weighted by Crippen LogP contribution is -2.27. The highest BCUT2D eigenvalue weighted by Crippen LogP contribution is 2.61. The Morgan fingerprint density at radius 1 is 1.17 bits per heavy atom. The van der Waals surface area contributed by atoms with E-state index in [1.54, 1.807) is 0 Å². The van der Waals surface area contributed by atoms with Crippen molar-refractivity contribution in [3.63, 3.8) is 0 Å². The molecule has 0 heterocycles. The number of alkyl halides is 3. The number of halogens is 3. The first kappa shape index (κ1) is 8.35. The predicted molar refractivity (Wildman–Crippen MR) is 38.4 cm³/mol. The molecule has 2 aliphatic rings. The second-order valence-electron chi connectivity index (χ2n) is 3.90. The number of hydrogen-bond donors (Lipinski definition) is 1. The van der Waals surface area contributed by atoms with Gasteiger partial charge in [-0.3, -0.25) is 0 Å². The van der Waals surface area contributed by atoms with Gasteiger partial charge in [-0.15, -0.1) is 0 Å². The molecular weight excluding hydrogens is 167 g/mol. The van der Waals surface area contributed by atoms with Crippen LogP contribution in [0, 0.1) is 17.8 Å². The molecule has 12 heavy (non-hydrogen) atoms. The molecule has 2 saturated carbocycles. The smallest absolute Gasteiger partial charge is 0.327 e. The molecule has 4 unspecified atom stereocenters. The molecule has 4 atom stereocenters. The molecule has 0 bridgehead atoms. The fourth-order valence-corrected chi connectivity index (χ4v) is 2.60. The highest BCUT2D eigenvalue weighted by Gasteiger charge is 2.66. The third kappa shape index (κ3) is 1.13. The van der Waals surface area contributed by atoms with Crippen molar-refractivity contribution in [3.05, 3.63) is 0 Å². The van der Waals surface area contributed by atoms with Crippen LogP contribution < -0.4 is 5.73 Å². The Balaban J connectivity index is 2.05. The van der Waals surface area contributed by atoms with E-state index in [1.807, 2.05) is 0 Å². The molecule has 0 saturated heterocycles. The maximum atomic E-state index is 12.3.